The molecule has 6 rings (SSSR count). The number of hydrogen-bond donors (Lipinski definition) is 1. The molecule has 10 nitrogen and oxygen atoms in total. The number of ether oxygens (including phenoxy) is 1. The Hall–Kier alpha value is -2.42. The molecule has 1 saturated heterocycles. The number of benzene rings is 1. The number of thiazole rings is 1. The summed E-state index contributed by atoms with van der Waals surface area (Å²) >= 11 is 9.75. The molecule has 0 amide bonds. The maximum absolute atomic E-state index is 13.1. The molecule has 43 heavy (non-hydrogen) atoms. The summed E-state index contributed by atoms with van der Waals surface area (Å²) in [5.41, 5.74) is 3.37. The Balaban J connectivity index is 1.15. The number of rotatable bonds is 8. The van der Waals surface area contributed by atoms with E-state index in [0.717, 1.165) is 43.9 Å². The number of methoxy groups -OCH3 is 1. The van der Waals surface area contributed by atoms with Crippen molar-refractivity contribution >= 4 is 62.4 Å². The monoisotopic (exact) mass is 659 g/mol. The fraction of sp³-hybridized carbons (Fsp3) is 0.483. The molecule has 3 aromatic heterocycles. The van der Waals surface area contributed by atoms with Crippen LogP contribution in [0.2, 0.25) is 5.02 Å². The highest BCUT2D eigenvalue weighted by Crippen LogP contribution is 2.53. The van der Waals surface area contributed by atoms with Gasteiger partial charge in [-0.25, -0.2) is 28.9 Å². The molecule has 1 aliphatic carbocycles. The van der Waals surface area contributed by atoms with Crippen LogP contribution in [-0.4, -0.2) is 60.3 Å². The van der Waals surface area contributed by atoms with Crippen LogP contribution in [0.1, 0.15) is 50.2 Å². The first-order chi connectivity index (χ1) is 20.6. The molecule has 0 radical (unpaired) electrons. The summed E-state index contributed by atoms with van der Waals surface area (Å²) in [6.07, 6.45) is 7.85. The topological polar surface area (TPSA) is 115 Å². The SMILES string of the molecule is COCCn1cnc2ccc(Sc3cnc(N4CCC5(CC4)Cc4ncsc4[C@H]5NS(=O)C(C)(C)C)cn3)c(Cl)c2c1=O. The number of aromatic nitrogens is 5. The van der Waals surface area contributed by atoms with Crippen molar-refractivity contribution in [2.45, 2.75) is 67.3 Å². The lowest BCUT2D eigenvalue weighted by Crippen LogP contribution is -2.48. The Labute approximate surface area is 266 Å². The average Bonchev–Trinajstić information content (AvgIpc) is 3.54. The highest BCUT2D eigenvalue weighted by molar-refractivity contribution is 7.99. The first kappa shape index (κ1) is 30.6. The van der Waals surface area contributed by atoms with Gasteiger partial charge in [0.05, 0.1) is 80.8 Å². The lowest BCUT2D eigenvalue weighted by atomic mass is 9.74. The van der Waals surface area contributed by atoms with Crippen molar-refractivity contribution in [1.29, 1.82) is 0 Å². The summed E-state index contributed by atoms with van der Waals surface area (Å²) in [5.74, 6) is 0.822. The second kappa shape index (κ2) is 12.2. The Bertz CT molecular complexity index is 1710. The highest BCUT2D eigenvalue weighted by Gasteiger charge is 2.50. The molecule has 1 fully saturated rings. The van der Waals surface area contributed by atoms with E-state index in [9.17, 15) is 9.00 Å². The Morgan fingerprint density at radius 2 is 1.98 bits per heavy atom. The number of halogens is 1. The molecule has 228 valence electrons. The first-order valence-electron chi connectivity index (χ1n) is 14.1. The van der Waals surface area contributed by atoms with E-state index in [0.29, 0.717) is 39.0 Å². The number of piperidine rings is 1. The standard InChI is InChI=1S/C29H34ClN7O3S3/c1-28(2,3)43(39)35-26-25-19(34-17-41-25)13-29(26)7-9-36(10-8-29)21-14-32-22(15-31-21)42-20-6-5-18-23(24(20)30)27(38)37(16-33-18)11-12-40-4/h5-6,14-17,26,35H,7-13H2,1-4H3/t26-,43?/m1/s1. The summed E-state index contributed by atoms with van der Waals surface area (Å²) in [7, 11) is 0.421. The van der Waals surface area contributed by atoms with Crippen LogP contribution >= 0.6 is 34.7 Å². The van der Waals surface area contributed by atoms with E-state index < -0.39 is 11.0 Å². The number of anilines is 1. The van der Waals surface area contributed by atoms with E-state index in [2.05, 4.69) is 24.6 Å². The minimum Gasteiger partial charge on any atom is -0.383 e. The van der Waals surface area contributed by atoms with E-state index in [4.69, 9.17) is 21.3 Å². The van der Waals surface area contributed by atoms with Crippen LogP contribution in [0, 0.1) is 5.41 Å². The molecule has 2 aliphatic rings. The Morgan fingerprint density at radius 3 is 2.67 bits per heavy atom. The third kappa shape index (κ3) is 5.99. The third-order valence-corrected chi connectivity index (χ3v) is 12.2. The Morgan fingerprint density at radius 1 is 1.19 bits per heavy atom. The zero-order valence-electron chi connectivity index (χ0n) is 24.5. The lowest BCUT2D eigenvalue weighted by molar-refractivity contribution is 0.177. The van der Waals surface area contributed by atoms with Crippen LogP contribution in [-0.2, 0) is 28.7 Å². The maximum atomic E-state index is 13.1. The first-order valence-corrected chi connectivity index (χ1v) is 17.3. The van der Waals surface area contributed by atoms with Gasteiger partial charge in [0.25, 0.3) is 5.56 Å². The molecule has 1 aliphatic heterocycles. The summed E-state index contributed by atoms with van der Waals surface area (Å²) in [5, 5.41) is 1.42. The molecule has 0 bridgehead atoms. The van der Waals surface area contributed by atoms with E-state index in [-0.39, 0.29) is 21.8 Å². The molecule has 1 spiro atoms. The molecule has 2 atom stereocenters. The van der Waals surface area contributed by atoms with Crippen LogP contribution < -0.4 is 15.2 Å². The van der Waals surface area contributed by atoms with Crippen LogP contribution in [0.15, 0.2) is 51.1 Å². The fourth-order valence-electron chi connectivity index (χ4n) is 5.72. The zero-order valence-corrected chi connectivity index (χ0v) is 27.7. The molecular weight excluding hydrogens is 626 g/mol. The quantitative estimate of drug-likeness (QED) is 0.278. The predicted octanol–water partition coefficient (Wildman–Crippen LogP) is 5.03. The Kier molecular flexibility index (Phi) is 8.66. The molecule has 0 saturated carbocycles. The van der Waals surface area contributed by atoms with Crippen molar-refractivity contribution in [3.8, 4) is 0 Å². The van der Waals surface area contributed by atoms with Gasteiger partial charge in [-0.2, -0.15) is 0 Å². The number of fused-ring (bicyclic) bond motifs is 2. The van der Waals surface area contributed by atoms with Crippen molar-refractivity contribution in [3.05, 3.63) is 62.3 Å². The van der Waals surface area contributed by atoms with Gasteiger partial charge >= 0.3 is 0 Å². The third-order valence-electron chi connectivity index (χ3n) is 8.19. The van der Waals surface area contributed by atoms with Crippen molar-refractivity contribution < 1.29 is 8.95 Å². The molecule has 14 heteroatoms. The van der Waals surface area contributed by atoms with Gasteiger partial charge in [0.15, 0.2) is 0 Å². The zero-order chi connectivity index (χ0) is 30.4. The molecule has 4 aromatic rings. The summed E-state index contributed by atoms with van der Waals surface area (Å²) in [6.45, 7) is 8.46. The molecule has 1 N–H and O–H groups in total. The van der Waals surface area contributed by atoms with Gasteiger partial charge in [0, 0.05) is 35.4 Å². The fourth-order valence-corrected chi connectivity index (χ4v) is 8.85. The van der Waals surface area contributed by atoms with Crippen molar-refractivity contribution in [1.82, 2.24) is 29.2 Å². The summed E-state index contributed by atoms with van der Waals surface area (Å²) in [4.78, 5) is 35.7. The smallest absolute Gasteiger partial charge is 0.262 e. The second-order valence-electron chi connectivity index (χ2n) is 11.9. The van der Waals surface area contributed by atoms with Crippen molar-refractivity contribution in [3.63, 3.8) is 0 Å². The highest BCUT2D eigenvalue weighted by atomic mass is 35.5. The summed E-state index contributed by atoms with van der Waals surface area (Å²) in [6, 6.07) is 3.69. The van der Waals surface area contributed by atoms with Crippen LogP contribution in [0.3, 0.4) is 0 Å². The minimum absolute atomic E-state index is 0.0140. The molecule has 1 unspecified atom stereocenters. The van der Waals surface area contributed by atoms with Crippen molar-refractivity contribution in [2.75, 3.05) is 31.7 Å². The average molecular weight is 660 g/mol. The number of hydrogen-bond acceptors (Lipinski definition) is 10. The lowest BCUT2D eigenvalue weighted by Gasteiger charge is -2.44. The van der Waals surface area contributed by atoms with Gasteiger partial charge in [-0.05, 0) is 52.2 Å². The van der Waals surface area contributed by atoms with E-state index in [1.54, 1.807) is 36.9 Å². The van der Waals surface area contributed by atoms with Gasteiger partial charge in [0.2, 0.25) is 0 Å². The number of nitrogens with zero attached hydrogens (tertiary/aromatic N) is 6. The maximum Gasteiger partial charge on any atom is 0.262 e. The van der Waals surface area contributed by atoms with Gasteiger partial charge in [0.1, 0.15) is 10.8 Å². The molecule has 1 aromatic carbocycles. The molecule has 4 heterocycles. The van der Waals surface area contributed by atoms with Gasteiger partial charge in [-0.3, -0.25) is 9.36 Å². The van der Waals surface area contributed by atoms with Gasteiger partial charge in [-0.15, -0.1) is 11.3 Å². The second-order valence-corrected chi connectivity index (χ2v) is 16.3. The van der Waals surface area contributed by atoms with E-state index >= 15 is 0 Å². The largest absolute Gasteiger partial charge is 0.383 e. The van der Waals surface area contributed by atoms with Crippen molar-refractivity contribution in [2.24, 2.45) is 5.41 Å². The normalized spacial score (nSPS) is 18.8. The molecular formula is C29H34ClN7O3S3. The van der Waals surface area contributed by atoms with Crippen LogP contribution in [0.5, 0.6) is 0 Å². The predicted molar refractivity (Wildman–Crippen MR) is 173 cm³/mol. The van der Waals surface area contributed by atoms with Gasteiger partial charge < -0.3 is 9.64 Å². The minimum atomic E-state index is -1.17. The van der Waals surface area contributed by atoms with Crippen LogP contribution in [0.4, 0.5) is 5.82 Å². The van der Waals surface area contributed by atoms with E-state index in [1.807, 2.05) is 32.3 Å². The van der Waals surface area contributed by atoms with Gasteiger partial charge in [-0.1, -0.05) is 23.4 Å². The van der Waals surface area contributed by atoms with E-state index in [1.165, 1.54) is 27.5 Å². The van der Waals surface area contributed by atoms with Crippen LogP contribution in [0.25, 0.3) is 10.9 Å². The summed E-state index contributed by atoms with van der Waals surface area (Å²) < 4.78 is 22.9. The number of nitrogens with one attached hydrogen (secondary N) is 1.